The third kappa shape index (κ3) is 2.42. The van der Waals surface area contributed by atoms with Crippen molar-refractivity contribution >= 4 is 22.8 Å². The van der Waals surface area contributed by atoms with Gasteiger partial charge in [-0.25, -0.2) is 4.98 Å². The predicted octanol–water partition coefficient (Wildman–Crippen LogP) is 2.86. The number of benzene rings is 1. The normalized spacial score (nSPS) is 10.9. The Hall–Kier alpha value is -2.80. The Bertz CT molecular complexity index is 885. The molecule has 0 bridgehead atoms. The summed E-state index contributed by atoms with van der Waals surface area (Å²) in [5.41, 5.74) is 4.53. The summed E-state index contributed by atoms with van der Waals surface area (Å²) in [6.07, 6.45) is 0. The molecule has 108 valence electrons. The average Bonchev–Trinajstić information content (AvgIpc) is 3.23. The molecule has 4 aromatic rings. The number of anilines is 1. The predicted molar refractivity (Wildman–Crippen MR) is 85.7 cm³/mol. The van der Waals surface area contributed by atoms with Crippen molar-refractivity contribution in [3.8, 4) is 11.4 Å². The smallest absolute Gasteiger partial charge is 0.185 e. The van der Waals surface area contributed by atoms with Crippen molar-refractivity contribution in [2.45, 2.75) is 6.54 Å². The molecule has 0 radical (unpaired) electrons. The molecule has 4 rings (SSSR count). The summed E-state index contributed by atoms with van der Waals surface area (Å²) >= 11 is 1.58. The number of aromatic nitrogens is 5. The fourth-order valence-corrected chi connectivity index (χ4v) is 2.71. The lowest BCUT2D eigenvalue weighted by Crippen LogP contribution is -2.04. The van der Waals surface area contributed by atoms with E-state index in [4.69, 9.17) is 0 Å². The van der Waals surface area contributed by atoms with Crippen LogP contribution in [0.5, 0.6) is 0 Å². The topological polar surface area (TPSA) is 68.0 Å². The van der Waals surface area contributed by atoms with Gasteiger partial charge in [0.05, 0.1) is 17.7 Å². The monoisotopic (exact) mass is 308 g/mol. The highest BCUT2D eigenvalue weighted by molar-refractivity contribution is 7.07. The molecule has 0 aliphatic carbocycles. The zero-order chi connectivity index (χ0) is 14.8. The molecule has 7 heteroatoms. The molecule has 0 spiro atoms. The molecular formula is C15H12N6S. The van der Waals surface area contributed by atoms with E-state index in [0.717, 1.165) is 28.5 Å². The van der Waals surface area contributed by atoms with E-state index in [2.05, 4.69) is 25.6 Å². The van der Waals surface area contributed by atoms with Gasteiger partial charge in [-0.1, -0.05) is 30.3 Å². The zero-order valence-corrected chi connectivity index (χ0v) is 12.4. The van der Waals surface area contributed by atoms with Crippen LogP contribution < -0.4 is 5.32 Å². The van der Waals surface area contributed by atoms with Gasteiger partial charge in [-0.05, 0) is 12.1 Å². The van der Waals surface area contributed by atoms with Gasteiger partial charge in [0.1, 0.15) is 5.82 Å². The van der Waals surface area contributed by atoms with Crippen LogP contribution in [0, 0.1) is 0 Å². The van der Waals surface area contributed by atoms with Crippen LogP contribution in [0.4, 0.5) is 5.82 Å². The maximum absolute atomic E-state index is 4.57. The van der Waals surface area contributed by atoms with Crippen molar-refractivity contribution in [1.29, 1.82) is 0 Å². The number of thiazole rings is 1. The molecule has 3 aromatic heterocycles. The highest BCUT2D eigenvalue weighted by Gasteiger charge is 2.09. The molecule has 0 saturated carbocycles. The van der Waals surface area contributed by atoms with Crippen molar-refractivity contribution in [3.05, 3.63) is 59.0 Å². The number of nitrogens with zero attached hydrogens (tertiary/aromatic N) is 5. The van der Waals surface area contributed by atoms with Crippen LogP contribution in [-0.4, -0.2) is 24.8 Å². The molecule has 6 nitrogen and oxygen atoms in total. The first-order chi connectivity index (χ1) is 10.9. The van der Waals surface area contributed by atoms with Crippen molar-refractivity contribution in [2.75, 3.05) is 5.32 Å². The Balaban J connectivity index is 1.67. The van der Waals surface area contributed by atoms with E-state index < -0.39 is 0 Å². The standard InChI is InChI=1S/C15H12N6S/c1-2-4-11(5-3-1)15-19-18-14-7-6-13(20-21(14)15)16-8-12-9-22-10-17-12/h1-7,9-10H,8H2,(H,16,20). The summed E-state index contributed by atoms with van der Waals surface area (Å²) in [6, 6.07) is 13.7. The Morgan fingerprint density at radius 1 is 1.05 bits per heavy atom. The Morgan fingerprint density at radius 3 is 2.77 bits per heavy atom. The second-order valence-corrected chi connectivity index (χ2v) is 5.43. The van der Waals surface area contributed by atoms with Gasteiger partial charge in [0, 0.05) is 10.9 Å². The lowest BCUT2D eigenvalue weighted by molar-refractivity contribution is 0.921. The van der Waals surface area contributed by atoms with Crippen LogP contribution >= 0.6 is 11.3 Å². The second kappa shape index (κ2) is 5.53. The number of fused-ring (bicyclic) bond motifs is 1. The summed E-state index contributed by atoms with van der Waals surface area (Å²) in [5.74, 6) is 1.49. The maximum atomic E-state index is 4.57. The zero-order valence-electron chi connectivity index (χ0n) is 11.5. The molecule has 0 amide bonds. The van der Waals surface area contributed by atoms with E-state index in [1.807, 2.05) is 53.4 Å². The Kier molecular flexibility index (Phi) is 3.24. The van der Waals surface area contributed by atoms with Gasteiger partial charge in [0.15, 0.2) is 11.5 Å². The fourth-order valence-electron chi connectivity index (χ4n) is 2.16. The van der Waals surface area contributed by atoms with Crippen LogP contribution in [0.25, 0.3) is 17.0 Å². The average molecular weight is 308 g/mol. The molecule has 0 unspecified atom stereocenters. The number of hydrogen-bond donors (Lipinski definition) is 1. The van der Waals surface area contributed by atoms with E-state index >= 15 is 0 Å². The lowest BCUT2D eigenvalue weighted by Gasteiger charge is -2.05. The minimum absolute atomic E-state index is 0.644. The van der Waals surface area contributed by atoms with Gasteiger partial charge >= 0.3 is 0 Å². The third-order valence-electron chi connectivity index (χ3n) is 3.23. The van der Waals surface area contributed by atoms with Crippen LogP contribution in [0.15, 0.2) is 53.4 Å². The number of nitrogens with one attached hydrogen (secondary N) is 1. The van der Waals surface area contributed by atoms with Crippen LogP contribution in [0.3, 0.4) is 0 Å². The highest BCUT2D eigenvalue weighted by atomic mass is 32.1. The second-order valence-electron chi connectivity index (χ2n) is 4.71. The van der Waals surface area contributed by atoms with E-state index in [1.54, 1.807) is 15.9 Å². The van der Waals surface area contributed by atoms with Gasteiger partial charge in [-0.2, -0.15) is 4.52 Å². The first-order valence-electron chi connectivity index (χ1n) is 6.79. The van der Waals surface area contributed by atoms with Crippen molar-refractivity contribution in [3.63, 3.8) is 0 Å². The van der Waals surface area contributed by atoms with Crippen molar-refractivity contribution in [2.24, 2.45) is 0 Å². The molecule has 0 saturated heterocycles. The molecule has 0 aliphatic heterocycles. The Morgan fingerprint density at radius 2 is 1.95 bits per heavy atom. The van der Waals surface area contributed by atoms with Crippen LogP contribution in [0.2, 0.25) is 0 Å². The molecule has 1 aromatic carbocycles. The van der Waals surface area contributed by atoms with Gasteiger partial charge in [0.2, 0.25) is 0 Å². The number of rotatable bonds is 4. The molecular weight excluding hydrogens is 296 g/mol. The van der Waals surface area contributed by atoms with Crippen molar-refractivity contribution < 1.29 is 0 Å². The van der Waals surface area contributed by atoms with E-state index in [-0.39, 0.29) is 0 Å². The van der Waals surface area contributed by atoms with Gasteiger partial charge in [-0.3, -0.25) is 0 Å². The molecule has 0 fully saturated rings. The molecule has 22 heavy (non-hydrogen) atoms. The molecule has 1 N–H and O–H groups in total. The largest absolute Gasteiger partial charge is 0.363 e. The quantitative estimate of drug-likeness (QED) is 0.628. The summed E-state index contributed by atoms with van der Waals surface area (Å²) in [6.45, 7) is 0.644. The summed E-state index contributed by atoms with van der Waals surface area (Å²) < 4.78 is 1.75. The number of hydrogen-bond acceptors (Lipinski definition) is 6. The summed E-state index contributed by atoms with van der Waals surface area (Å²) in [4.78, 5) is 4.25. The molecule has 0 aliphatic rings. The van der Waals surface area contributed by atoms with Crippen LogP contribution in [-0.2, 0) is 6.54 Å². The van der Waals surface area contributed by atoms with Gasteiger partial charge < -0.3 is 5.32 Å². The van der Waals surface area contributed by atoms with E-state index in [0.29, 0.717) is 6.54 Å². The SMILES string of the molecule is c1ccc(-c2nnc3ccc(NCc4cscn4)nn23)cc1. The minimum Gasteiger partial charge on any atom is -0.363 e. The fraction of sp³-hybridized carbons (Fsp3) is 0.0667. The first kappa shape index (κ1) is 12.9. The summed E-state index contributed by atoms with van der Waals surface area (Å²) in [5, 5.41) is 18.2. The highest BCUT2D eigenvalue weighted by Crippen LogP contribution is 2.18. The summed E-state index contributed by atoms with van der Waals surface area (Å²) in [7, 11) is 0. The van der Waals surface area contributed by atoms with Crippen molar-refractivity contribution in [1.82, 2.24) is 24.8 Å². The molecule has 3 heterocycles. The Labute approximate surface area is 130 Å². The first-order valence-corrected chi connectivity index (χ1v) is 7.73. The minimum atomic E-state index is 0.644. The van der Waals surface area contributed by atoms with Gasteiger partial charge in [0.25, 0.3) is 0 Å². The molecule has 0 atom stereocenters. The maximum Gasteiger partial charge on any atom is 0.185 e. The van der Waals surface area contributed by atoms with Crippen LogP contribution in [0.1, 0.15) is 5.69 Å². The van der Waals surface area contributed by atoms with E-state index in [9.17, 15) is 0 Å². The van der Waals surface area contributed by atoms with Gasteiger partial charge in [-0.15, -0.1) is 26.6 Å². The van der Waals surface area contributed by atoms with E-state index in [1.165, 1.54) is 0 Å². The lowest BCUT2D eigenvalue weighted by atomic mass is 10.2. The third-order valence-corrected chi connectivity index (χ3v) is 3.86.